The molecule has 5 heteroatoms. The van der Waals surface area contributed by atoms with Crippen LogP contribution in [0.3, 0.4) is 0 Å². The van der Waals surface area contributed by atoms with E-state index in [1.807, 2.05) is 23.1 Å². The molecule has 120 valence electrons. The summed E-state index contributed by atoms with van der Waals surface area (Å²) in [5.41, 5.74) is 1.77. The molecule has 3 rings (SSSR count). The van der Waals surface area contributed by atoms with Crippen LogP contribution in [0.1, 0.15) is 11.6 Å². The standard InChI is InChI=1S/C18H19FN2O2/c19-15-8-6-14(7-9-15)17(18(22)23)21-12-10-20(11-13-21)16-4-2-1-3-5-16/h1-9,17H,10-13H2,(H,22,23)/t17-/m0/s1. The third-order valence-electron chi connectivity index (χ3n) is 4.22. The van der Waals surface area contributed by atoms with Gasteiger partial charge in [0, 0.05) is 31.9 Å². The maximum Gasteiger partial charge on any atom is 0.325 e. The molecule has 0 amide bonds. The van der Waals surface area contributed by atoms with Crippen molar-refractivity contribution in [2.45, 2.75) is 6.04 Å². The first-order valence-corrected chi connectivity index (χ1v) is 7.67. The molecule has 0 radical (unpaired) electrons. The van der Waals surface area contributed by atoms with Gasteiger partial charge in [0.25, 0.3) is 0 Å². The molecule has 1 N–H and O–H groups in total. The molecule has 1 heterocycles. The molecule has 0 aromatic heterocycles. The van der Waals surface area contributed by atoms with Gasteiger partial charge in [-0.25, -0.2) is 4.39 Å². The third-order valence-corrected chi connectivity index (χ3v) is 4.22. The van der Waals surface area contributed by atoms with Crippen molar-refractivity contribution >= 4 is 11.7 Å². The van der Waals surface area contributed by atoms with Crippen molar-refractivity contribution < 1.29 is 14.3 Å². The van der Waals surface area contributed by atoms with Crippen LogP contribution in [0.25, 0.3) is 0 Å². The van der Waals surface area contributed by atoms with Gasteiger partial charge in [0.15, 0.2) is 0 Å². The lowest BCUT2D eigenvalue weighted by atomic mass is 10.0. The van der Waals surface area contributed by atoms with Crippen molar-refractivity contribution in [3.63, 3.8) is 0 Å². The number of piperazine rings is 1. The number of carboxylic acid groups (broad SMARTS) is 1. The third kappa shape index (κ3) is 3.51. The summed E-state index contributed by atoms with van der Waals surface area (Å²) in [6.45, 7) is 2.86. The molecule has 1 aliphatic heterocycles. The van der Waals surface area contributed by atoms with Crippen LogP contribution in [-0.2, 0) is 4.79 Å². The summed E-state index contributed by atoms with van der Waals surface area (Å²) in [4.78, 5) is 15.9. The summed E-state index contributed by atoms with van der Waals surface area (Å²) >= 11 is 0. The summed E-state index contributed by atoms with van der Waals surface area (Å²) in [6, 6.07) is 15.1. The number of carboxylic acids is 1. The second-order valence-corrected chi connectivity index (χ2v) is 5.65. The molecule has 23 heavy (non-hydrogen) atoms. The van der Waals surface area contributed by atoms with Gasteiger partial charge in [-0.3, -0.25) is 9.69 Å². The molecule has 1 saturated heterocycles. The van der Waals surface area contributed by atoms with E-state index in [2.05, 4.69) is 17.0 Å². The monoisotopic (exact) mass is 314 g/mol. The Balaban J connectivity index is 1.71. The number of hydrogen-bond acceptors (Lipinski definition) is 3. The highest BCUT2D eigenvalue weighted by Crippen LogP contribution is 2.24. The van der Waals surface area contributed by atoms with E-state index >= 15 is 0 Å². The highest BCUT2D eigenvalue weighted by atomic mass is 19.1. The largest absolute Gasteiger partial charge is 0.480 e. The Bertz CT molecular complexity index is 652. The van der Waals surface area contributed by atoms with E-state index in [0.29, 0.717) is 18.7 Å². The Labute approximate surface area is 134 Å². The first kappa shape index (κ1) is 15.5. The average Bonchev–Trinajstić information content (AvgIpc) is 2.58. The Morgan fingerprint density at radius 1 is 0.957 bits per heavy atom. The minimum atomic E-state index is -0.898. The van der Waals surface area contributed by atoms with E-state index in [1.165, 1.54) is 12.1 Å². The summed E-state index contributed by atoms with van der Waals surface area (Å²) in [7, 11) is 0. The van der Waals surface area contributed by atoms with Crippen LogP contribution in [0.2, 0.25) is 0 Å². The number of hydrogen-bond donors (Lipinski definition) is 1. The van der Waals surface area contributed by atoms with Crippen molar-refractivity contribution in [2.24, 2.45) is 0 Å². The lowest BCUT2D eigenvalue weighted by Gasteiger charge is -2.38. The van der Waals surface area contributed by atoms with E-state index in [-0.39, 0.29) is 5.82 Å². The number of carbonyl (C=O) groups is 1. The molecule has 0 saturated carbocycles. The first-order valence-electron chi connectivity index (χ1n) is 7.67. The number of rotatable bonds is 4. The van der Waals surface area contributed by atoms with Gasteiger partial charge in [-0.2, -0.15) is 0 Å². The molecule has 1 atom stereocenters. The normalized spacial score (nSPS) is 17.0. The van der Waals surface area contributed by atoms with Gasteiger partial charge >= 0.3 is 5.97 Å². The van der Waals surface area contributed by atoms with Crippen LogP contribution in [0.4, 0.5) is 10.1 Å². The predicted octanol–water partition coefficient (Wildman–Crippen LogP) is 2.77. The molecule has 0 bridgehead atoms. The molecule has 0 aliphatic carbocycles. The first-order chi connectivity index (χ1) is 11.1. The van der Waals surface area contributed by atoms with Crippen LogP contribution in [0.15, 0.2) is 54.6 Å². The summed E-state index contributed by atoms with van der Waals surface area (Å²) < 4.78 is 13.1. The number of benzene rings is 2. The molecule has 0 unspecified atom stereocenters. The fourth-order valence-electron chi connectivity index (χ4n) is 3.03. The number of para-hydroxylation sites is 1. The van der Waals surface area contributed by atoms with Crippen molar-refractivity contribution in [3.05, 3.63) is 66.0 Å². The highest BCUT2D eigenvalue weighted by molar-refractivity contribution is 5.75. The lowest BCUT2D eigenvalue weighted by molar-refractivity contribution is -0.143. The van der Waals surface area contributed by atoms with E-state index in [9.17, 15) is 14.3 Å². The molecule has 2 aromatic rings. The fourth-order valence-corrected chi connectivity index (χ4v) is 3.03. The maximum absolute atomic E-state index is 13.1. The van der Waals surface area contributed by atoms with Crippen molar-refractivity contribution in [2.75, 3.05) is 31.1 Å². The van der Waals surface area contributed by atoms with Gasteiger partial charge in [-0.15, -0.1) is 0 Å². The van der Waals surface area contributed by atoms with Crippen LogP contribution in [-0.4, -0.2) is 42.2 Å². The second kappa shape index (κ2) is 6.79. The molecular weight excluding hydrogens is 295 g/mol. The average molecular weight is 314 g/mol. The summed E-state index contributed by atoms with van der Waals surface area (Å²) in [5, 5.41) is 9.58. The Morgan fingerprint density at radius 2 is 1.57 bits per heavy atom. The maximum atomic E-state index is 13.1. The van der Waals surface area contributed by atoms with Crippen LogP contribution >= 0.6 is 0 Å². The summed E-state index contributed by atoms with van der Waals surface area (Å²) in [5.74, 6) is -1.25. The number of halogens is 1. The zero-order valence-electron chi connectivity index (χ0n) is 12.7. The second-order valence-electron chi connectivity index (χ2n) is 5.65. The van der Waals surface area contributed by atoms with E-state index in [0.717, 1.165) is 18.8 Å². The van der Waals surface area contributed by atoms with Gasteiger partial charge in [0.2, 0.25) is 0 Å². The smallest absolute Gasteiger partial charge is 0.325 e. The van der Waals surface area contributed by atoms with Crippen LogP contribution in [0, 0.1) is 5.82 Å². The minimum Gasteiger partial charge on any atom is -0.480 e. The number of aliphatic carboxylic acids is 1. The molecule has 0 spiro atoms. The predicted molar refractivity (Wildman–Crippen MR) is 87.0 cm³/mol. The molecule has 2 aromatic carbocycles. The Kier molecular flexibility index (Phi) is 4.57. The van der Waals surface area contributed by atoms with Crippen molar-refractivity contribution in [1.82, 2.24) is 4.90 Å². The van der Waals surface area contributed by atoms with Gasteiger partial charge in [-0.05, 0) is 29.8 Å². The molecule has 1 aliphatic rings. The fraction of sp³-hybridized carbons (Fsp3) is 0.278. The Hall–Kier alpha value is -2.40. The number of anilines is 1. The topological polar surface area (TPSA) is 43.8 Å². The zero-order valence-corrected chi connectivity index (χ0v) is 12.7. The van der Waals surface area contributed by atoms with Gasteiger partial charge < -0.3 is 10.0 Å². The van der Waals surface area contributed by atoms with Gasteiger partial charge in [0.05, 0.1) is 0 Å². The van der Waals surface area contributed by atoms with E-state index in [4.69, 9.17) is 0 Å². The quantitative estimate of drug-likeness (QED) is 0.942. The SMILES string of the molecule is O=C(O)[C@H](c1ccc(F)cc1)N1CCN(c2ccccc2)CC1. The number of nitrogens with zero attached hydrogens (tertiary/aromatic N) is 2. The zero-order chi connectivity index (χ0) is 16.2. The van der Waals surface area contributed by atoms with Crippen molar-refractivity contribution in [1.29, 1.82) is 0 Å². The lowest BCUT2D eigenvalue weighted by Crippen LogP contribution is -2.49. The van der Waals surface area contributed by atoms with Crippen LogP contribution in [0.5, 0.6) is 0 Å². The van der Waals surface area contributed by atoms with Crippen molar-refractivity contribution in [3.8, 4) is 0 Å². The van der Waals surface area contributed by atoms with Crippen LogP contribution < -0.4 is 4.90 Å². The van der Waals surface area contributed by atoms with Gasteiger partial charge in [0.1, 0.15) is 11.9 Å². The highest BCUT2D eigenvalue weighted by Gasteiger charge is 2.30. The molecular formula is C18H19FN2O2. The molecule has 4 nitrogen and oxygen atoms in total. The van der Waals surface area contributed by atoms with E-state index < -0.39 is 12.0 Å². The van der Waals surface area contributed by atoms with E-state index in [1.54, 1.807) is 12.1 Å². The van der Waals surface area contributed by atoms with Gasteiger partial charge in [-0.1, -0.05) is 30.3 Å². The summed E-state index contributed by atoms with van der Waals surface area (Å²) in [6.07, 6.45) is 0. The Morgan fingerprint density at radius 3 is 2.13 bits per heavy atom. The molecule has 1 fully saturated rings. The minimum absolute atomic E-state index is 0.355.